The Balaban J connectivity index is 1.68. The molecule has 3 heterocycles. The maximum atomic E-state index is 9.76. The lowest BCUT2D eigenvalue weighted by molar-refractivity contribution is 0.218. The van der Waals surface area contributed by atoms with Gasteiger partial charge in [-0.3, -0.25) is 0 Å². The first-order chi connectivity index (χ1) is 12.6. The molecule has 3 N–H and O–H groups in total. The molecule has 0 amide bonds. The number of hydrogen-bond donors (Lipinski definition) is 3. The van der Waals surface area contributed by atoms with E-state index < -0.39 is 0 Å². The van der Waals surface area contributed by atoms with Crippen molar-refractivity contribution in [3.05, 3.63) is 59.9 Å². The quantitative estimate of drug-likeness (QED) is 0.672. The molecule has 0 saturated carbocycles. The number of aliphatic hydroxyl groups excluding tert-OH is 1. The summed E-state index contributed by atoms with van der Waals surface area (Å²) in [5.74, 6) is 1.37. The summed E-state index contributed by atoms with van der Waals surface area (Å²) in [6.45, 7) is 4.82. The van der Waals surface area contributed by atoms with Crippen molar-refractivity contribution in [2.45, 2.75) is 19.3 Å². The van der Waals surface area contributed by atoms with Crippen molar-refractivity contribution in [2.24, 2.45) is 0 Å². The number of fused-ring (bicyclic) bond motifs is 1. The Labute approximate surface area is 152 Å². The fourth-order valence-corrected chi connectivity index (χ4v) is 3.13. The lowest BCUT2D eigenvalue weighted by Gasteiger charge is -2.20. The third kappa shape index (κ3) is 2.88. The highest BCUT2D eigenvalue weighted by atomic mass is 16.3. The Morgan fingerprint density at radius 3 is 2.88 bits per heavy atom. The molecule has 6 heteroatoms. The number of aromatic nitrogens is 3. The van der Waals surface area contributed by atoms with Gasteiger partial charge in [0, 0.05) is 41.2 Å². The Morgan fingerprint density at radius 1 is 1.23 bits per heavy atom. The molecular weight excluding hydrogens is 326 g/mol. The molecule has 1 atom stereocenters. The van der Waals surface area contributed by atoms with Crippen LogP contribution in [0.1, 0.15) is 18.1 Å². The van der Waals surface area contributed by atoms with E-state index in [9.17, 15) is 5.11 Å². The Morgan fingerprint density at radius 2 is 2.08 bits per heavy atom. The van der Waals surface area contributed by atoms with Gasteiger partial charge in [-0.25, -0.2) is 15.0 Å². The van der Waals surface area contributed by atoms with Crippen LogP contribution in [-0.2, 0) is 5.41 Å². The van der Waals surface area contributed by atoms with Gasteiger partial charge in [-0.2, -0.15) is 0 Å². The molecule has 1 unspecified atom stereocenters. The second-order valence-electron chi connectivity index (χ2n) is 6.90. The van der Waals surface area contributed by atoms with Crippen molar-refractivity contribution in [1.29, 1.82) is 0 Å². The SMILES string of the molecule is Cc1ccccc1Nc1nccc(-c2cnc3c(c2)C(C)(CO)CN3)n1. The number of anilines is 3. The second kappa shape index (κ2) is 6.38. The summed E-state index contributed by atoms with van der Waals surface area (Å²) in [7, 11) is 0. The molecule has 1 aliphatic rings. The molecule has 3 aromatic rings. The van der Waals surface area contributed by atoms with E-state index in [1.54, 1.807) is 12.4 Å². The van der Waals surface area contributed by atoms with Crippen LogP contribution in [0.4, 0.5) is 17.5 Å². The number of nitrogens with one attached hydrogen (secondary N) is 2. The molecule has 6 nitrogen and oxygen atoms in total. The zero-order chi connectivity index (χ0) is 18.1. The van der Waals surface area contributed by atoms with E-state index in [4.69, 9.17) is 0 Å². The van der Waals surface area contributed by atoms with E-state index >= 15 is 0 Å². The van der Waals surface area contributed by atoms with Crippen LogP contribution in [0.2, 0.25) is 0 Å². The minimum Gasteiger partial charge on any atom is -0.395 e. The maximum absolute atomic E-state index is 9.76. The molecule has 26 heavy (non-hydrogen) atoms. The van der Waals surface area contributed by atoms with E-state index in [1.807, 2.05) is 44.2 Å². The number of para-hydroxylation sites is 1. The Kier molecular flexibility index (Phi) is 4.05. The van der Waals surface area contributed by atoms with Crippen molar-refractivity contribution in [3.8, 4) is 11.3 Å². The molecule has 2 aromatic heterocycles. The Hall–Kier alpha value is -2.99. The third-order valence-corrected chi connectivity index (χ3v) is 4.88. The summed E-state index contributed by atoms with van der Waals surface area (Å²) in [6, 6.07) is 11.9. The van der Waals surface area contributed by atoms with Crippen LogP contribution in [0.3, 0.4) is 0 Å². The lowest BCUT2D eigenvalue weighted by Crippen LogP contribution is -2.28. The summed E-state index contributed by atoms with van der Waals surface area (Å²) in [4.78, 5) is 13.5. The van der Waals surface area contributed by atoms with Gasteiger partial charge in [-0.05, 0) is 30.7 Å². The zero-order valence-electron chi connectivity index (χ0n) is 14.8. The van der Waals surface area contributed by atoms with Crippen LogP contribution in [0.15, 0.2) is 48.8 Å². The molecular formula is C20H21N5O. The summed E-state index contributed by atoms with van der Waals surface area (Å²) < 4.78 is 0. The standard InChI is InChI=1S/C20H21N5O/c1-13-5-3-4-6-16(13)24-19-21-8-7-17(25-19)14-9-15-18(22-10-14)23-11-20(15,2)12-26/h3-10,26H,11-12H2,1-2H3,(H,22,23)(H,21,24,25). The van der Waals surface area contributed by atoms with Gasteiger partial charge >= 0.3 is 0 Å². The highest BCUT2D eigenvalue weighted by Crippen LogP contribution is 2.37. The molecule has 132 valence electrons. The van der Waals surface area contributed by atoms with Crippen molar-refractivity contribution < 1.29 is 5.11 Å². The highest BCUT2D eigenvalue weighted by Gasteiger charge is 2.35. The number of pyridine rings is 1. The molecule has 0 fully saturated rings. The predicted octanol–water partition coefficient (Wildman–Crippen LogP) is 3.27. The van der Waals surface area contributed by atoms with Crippen molar-refractivity contribution in [1.82, 2.24) is 15.0 Å². The zero-order valence-corrected chi connectivity index (χ0v) is 14.8. The molecule has 1 aromatic carbocycles. The van der Waals surface area contributed by atoms with Gasteiger partial charge < -0.3 is 15.7 Å². The molecule has 1 aliphatic heterocycles. The van der Waals surface area contributed by atoms with Crippen LogP contribution >= 0.6 is 0 Å². The first-order valence-corrected chi connectivity index (χ1v) is 8.60. The second-order valence-corrected chi connectivity index (χ2v) is 6.90. The number of aryl methyl sites for hydroxylation is 1. The number of aliphatic hydroxyl groups is 1. The molecule has 0 bridgehead atoms. The van der Waals surface area contributed by atoms with Gasteiger partial charge in [0.05, 0.1) is 12.3 Å². The van der Waals surface area contributed by atoms with E-state index in [0.29, 0.717) is 12.5 Å². The fraction of sp³-hybridized carbons (Fsp3) is 0.250. The van der Waals surface area contributed by atoms with Gasteiger partial charge in [0.2, 0.25) is 5.95 Å². The normalized spacial score (nSPS) is 18.3. The minimum absolute atomic E-state index is 0.0714. The van der Waals surface area contributed by atoms with Crippen LogP contribution in [0, 0.1) is 6.92 Å². The van der Waals surface area contributed by atoms with Crippen molar-refractivity contribution >= 4 is 17.5 Å². The summed E-state index contributed by atoms with van der Waals surface area (Å²) in [5.41, 5.74) is 4.50. The van der Waals surface area contributed by atoms with Crippen LogP contribution in [0.25, 0.3) is 11.3 Å². The number of benzene rings is 1. The average Bonchev–Trinajstić information content (AvgIpc) is 3.01. The fourth-order valence-electron chi connectivity index (χ4n) is 3.13. The first kappa shape index (κ1) is 16.5. The Bertz CT molecular complexity index is 958. The highest BCUT2D eigenvalue weighted by molar-refractivity contribution is 5.67. The molecule has 0 aliphatic carbocycles. The lowest BCUT2D eigenvalue weighted by atomic mass is 9.85. The minimum atomic E-state index is -0.326. The van der Waals surface area contributed by atoms with Crippen molar-refractivity contribution in [3.63, 3.8) is 0 Å². The van der Waals surface area contributed by atoms with E-state index in [-0.39, 0.29) is 12.0 Å². The molecule has 0 spiro atoms. The summed E-state index contributed by atoms with van der Waals surface area (Å²) >= 11 is 0. The predicted molar refractivity (Wildman–Crippen MR) is 103 cm³/mol. The van der Waals surface area contributed by atoms with E-state index in [1.165, 1.54) is 0 Å². The van der Waals surface area contributed by atoms with Gasteiger partial charge in [-0.1, -0.05) is 25.1 Å². The van der Waals surface area contributed by atoms with Crippen molar-refractivity contribution in [2.75, 3.05) is 23.8 Å². The topological polar surface area (TPSA) is 83.0 Å². The third-order valence-electron chi connectivity index (χ3n) is 4.88. The van der Waals surface area contributed by atoms with Crippen LogP contribution in [-0.4, -0.2) is 33.2 Å². The molecule has 0 radical (unpaired) electrons. The van der Waals surface area contributed by atoms with E-state index in [0.717, 1.165) is 33.9 Å². The first-order valence-electron chi connectivity index (χ1n) is 8.60. The van der Waals surface area contributed by atoms with Gasteiger partial charge in [0.25, 0.3) is 0 Å². The van der Waals surface area contributed by atoms with Gasteiger partial charge in [-0.15, -0.1) is 0 Å². The number of hydrogen-bond acceptors (Lipinski definition) is 6. The van der Waals surface area contributed by atoms with E-state index in [2.05, 4.69) is 31.7 Å². The van der Waals surface area contributed by atoms with Gasteiger partial charge in [0.1, 0.15) is 5.82 Å². The average molecular weight is 347 g/mol. The molecule has 4 rings (SSSR count). The summed E-state index contributed by atoms with van der Waals surface area (Å²) in [5, 5.41) is 16.3. The maximum Gasteiger partial charge on any atom is 0.227 e. The largest absolute Gasteiger partial charge is 0.395 e. The smallest absolute Gasteiger partial charge is 0.227 e. The molecule has 0 saturated heterocycles. The number of nitrogens with zero attached hydrogens (tertiary/aromatic N) is 3. The number of rotatable bonds is 4. The monoisotopic (exact) mass is 347 g/mol. The van der Waals surface area contributed by atoms with Gasteiger partial charge in [0.15, 0.2) is 0 Å². The van der Waals surface area contributed by atoms with Crippen LogP contribution < -0.4 is 10.6 Å². The summed E-state index contributed by atoms with van der Waals surface area (Å²) in [6.07, 6.45) is 3.54. The van der Waals surface area contributed by atoms with Crippen LogP contribution in [0.5, 0.6) is 0 Å².